The van der Waals surface area contributed by atoms with Crippen LogP contribution in [0.2, 0.25) is 0 Å². The zero-order valence-corrected chi connectivity index (χ0v) is 16.2. The molecule has 9 heteroatoms. The molecule has 0 amide bonds. The third-order valence-corrected chi connectivity index (χ3v) is 4.95. The van der Waals surface area contributed by atoms with Crippen molar-refractivity contribution in [3.8, 4) is 17.1 Å². The van der Waals surface area contributed by atoms with Crippen LogP contribution in [0.3, 0.4) is 0 Å². The average Bonchev–Trinajstić information content (AvgIpc) is 2.68. The summed E-state index contributed by atoms with van der Waals surface area (Å²) >= 11 is 3.42. The van der Waals surface area contributed by atoms with Crippen molar-refractivity contribution in [3.63, 3.8) is 0 Å². The molecular formula is C18H17BrFN5O2. The minimum Gasteiger partial charge on any atom is -0.480 e. The second kappa shape index (κ2) is 7.24. The fourth-order valence-corrected chi connectivity index (χ4v) is 3.56. The van der Waals surface area contributed by atoms with Crippen molar-refractivity contribution in [1.82, 2.24) is 15.0 Å². The zero-order valence-electron chi connectivity index (χ0n) is 14.6. The van der Waals surface area contributed by atoms with Crippen molar-refractivity contribution >= 4 is 38.5 Å². The van der Waals surface area contributed by atoms with Crippen LogP contribution in [0.25, 0.3) is 22.2 Å². The lowest BCUT2D eigenvalue weighted by Gasteiger charge is -2.27. The Balaban J connectivity index is 1.95. The van der Waals surface area contributed by atoms with Crippen molar-refractivity contribution in [1.29, 1.82) is 0 Å². The molecule has 1 aliphatic heterocycles. The molecular weight excluding hydrogens is 417 g/mol. The van der Waals surface area contributed by atoms with Gasteiger partial charge in [0.05, 0.1) is 37.2 Å². The number of anilines is 2. The number of methoxy groups -OCH3 is 1. The molecule has 0 spiro atoms. The summed E-state index contributed by atoms with van der Waals surface area (Å²) in [7, 11) is 1.50. The van der Waals surface area contributed by atoms with Crippen LogP contribution in [-0.2, 0) is 4.74 Å². The second-order valence-corrected chi connectivity index (χ2v) is 6.93. The quantitative estimate of drug-likeness (QED) is 0.678. The van der Waals surface area contributed by atoms with Crippen molar-refractivity contribution < 1.29 is 13.9 Å². The molecule has 7 nitrogen and oxygen atoms in total. The summed E-state index contributed by atoms with van der Waals surface area (Å²) in [5.41, 5.74) is 8.23. The maximum atomic E-state index is 14.1. The Morgan fingerprint density at radius 3 is 2.70 bits per heavy atom. The van der Waals surface area contributed by atoms with Gasteiger partial charge < -0.3 is 20.1 Å². The largest absolute Gasteiger partial charge is 0.480 e. The van der Waals surface area contributed by atoms with Gasteiger partial charge in [-0.3, -0.25) is 0 Å². The lowest BCUT2D eigenvalue weighted by atomic mass is 10.1. The Bertz CT molecular complexity index is 1010. The van der Waals surface area contributed by atoms with Gasteiger partial charge in [0.2, 0.25) is 11.8 Å². The maximum absolute atomic E-state index is 14.1. The molecule has 2 N–H and O–H groups in total. The van der Waals surface area contributed by atoms with E-state index in [0.717, 1.165) is 0 Å². The van der Waals surface area contributed by atoms with Gasteiger partial charge in [-0.15, -0.1) is 0 Å². The van der Waals surface area contributed by atoms with E-state index in [2.05, 4.69) is 25.9 Å². The molecule has 0 radical (unpaired) electrons. The summed E-state index contributed by atoms with van der Waals surface area (Å²) in [5.74, 6) is 0.508. The first-order valence-electron chi connectivity index (χ1n) is 8.36. The summed E-state index contributed by atoms with van der Waals surface area (Å²) in [5, 5.41) is 0.574. The van der Waals surface area contributed by atoms with E-state index in [4.69, 9.17) is 20.2 Å². The highest BCUT2D eigenvalue weighted by molar-refractivity contribution is 9.10. The molecule has 3 heterocycles. The number of nitrogens with two attached hydrogens (primary N) is 1. The number of halogens is 2. The van der Waals surface area contributed by atoms with Crippen LogP contribution >= 0.6 is 15.9 Å². The van der Waals surface area contributed by atoms with Gasteiger partial charge in [-0.1, -0.05) is 0 Å². The van der Waals surface area contributed by atoms with E-state index in [1.54, 1.807) is 12.3 Å². The van der Waals surface area contributed by atoms with E-state index < -0.39 is 0 Å². The first-order chi connectivity index (χ1) is 13.1. The van der Waals surface area contributed by atoms with Gasteiger partial charge in [0.15, 0.2) is 0 Å². The fraction of sp³-hybridized carbons (Fsp3) is 0.278. The smallest absolute Gasteiger partial charge is 0.236 e. The number of fused-ring (bicyclic) bond motifs is 1. The number of nitrogens with zero attached hydrogens (tertiary/aromatic N) is 4. The van der Waals surface area contributed by atoms with Gasteiger partial charge >= 0.3 is 0 Å². The number of nitrogen functional groups attached to an aromatic ring is 1. The van der Waals surface area contributed by atoms with Gasteiger partial charge in [-0.25, -0.2) is 19.3 Å². The predicted molar refractivity (Wildman–Crippen MR) is 104 cm³/mol. The Morgan fingerprint density at radius 2 is 2.00 bits per heavy atom. The molecule has 0 unspecified atom stereocenters. The summed E-state index contributed by atoms with van der Waals surface area (Å²) in [4.78, 5) is 15.6. The molecule has 140 valence electrons. The molecule has 1 saturated heterocycles. The Kier molecular flexibility index (Phi) is 4.79. The topological polar surface area (TPSA) is 86.4 Å². The van der Waals surface area contributed by atoms with Crippen molar-refractivity contribution in [2.24, 2.45) is 0 Å². The number of hydrogen-bond donors (Lipinski definition) is 1. The predicted octanol–water partition coefficient (Wildman–Crippen LogP) is 3.02. The number of pyridine rings is 1. The standard InChI is InChI=1S/C18H17BrFN5O2/c1-26-17-14(21)6-10(9-22-17)15-12-7-11(20)8-13(19)16(12)24-18(23-15)25-2-4-27-5-3-25/h6-9H,2-5,21H2,1H3. The van der Waals surface area contributed by atoms with E-state index in [1.165, 1.54) is 19.2 Å². The molecule has 2 aromatic heterocycles. The van der Waals surface area contributed by atoms with Crippen molar-refractivity contribution in [2.75, 3.05) is 44.0 Å². The number of morpholine rings is 1. The monoisotopic (exact) mass is 433 g/mol. The molecule has 4 rings (SSSR count). The number of hydrogen-bond acceptors (Lipinski definition) is 7. The second-order valence-electron chi connectivity index (χ2n) is 6.08. The molecule has 3 aromatic rings. The van der Waals surface area contributed by atoms with Crippen LogP contribution in [0.5, 0.6) is 5.88 Å². The Morgan fingerprint density at radius 1 is 1.22 bits per heavy atom. The molecule has 0 atom stereocenters. The lowest BCUT2D eigenvalue weighted by molar-refractivity contribution is 0.122. The van der Waals surface area contributed by atoms with Crippen molar-refractivity contribution in [2.45, 2.75) is 0 Å². The number of benzene rings is 1. The van der Waals surface area contributed by atoms with Gasteiger partial charge in [0, 0.05) is 34.7 Å². The Labute approximate surface area is 163 Å². The van der Waals surface area contributed by atoms with Gasteiger partial charge in [0.25, 0.3) is 0 Å². The Hall–Kier alpha value is -2.52. The summed E-state index contributed by atoms with van der Waals surface area (Å²) in [6.07, 6.45) is 1.61. The molecule has 1 aliphatic rings. The highest BCUT2D eigenvalue weighted by atomic mass is 79.9. The highest BCUT2D eigenvalue weighted by Gasteiger charge is 2.20. The fourth-order valence-electron chi connectivity index (χ4n) is 3.04. The van der Waals surface area contributed by atoms with Crippen LogP contribution in [0.15, 0.2) is 28.9 Å². The third kappa shape index (κ3) is 3.40. The van der Waals surface area contributed by atoms with E-state index in [-0.39, 0.29) is 5.82 Å². The van der Waals surface area contributed by atoms with Crippen LogP contribution in [0.1, 0.15) is 0 Å². The minimum atomic E-state index is -0.382. The average molecular weight is 434 g/mol. The van der Waals surface area contributed by atoms with E-state index >= 15 is 0 Å². The molecule has 0 aliphatic carbocycles. The molecule has 1 aromatic carbocycles. The van der Waals surface area contributed by atoms with Gasteiger partial charge in [-0.2, -0.15) is 0 Å². The van der Waals surface area contributed by atoms with E-state index in [1.807, 2.05) is 4.90 Å². The summed E-state index contributed by atoms with van der Waals surface area (Å²) in [6.45, 7) is 2.59. The first kappa shape index (κ1) is 17.9. The van der Waals surface area contributed by atoms with Gasteiger partial charge in [0.1, 0.15) is 5.82 Å². The number of rotatable bonds is 3. The lowest BCUT2D eigenvalue weighted by Crippen LogP contribution is -2.37. The van der Waals surface area contributed by atoms with Gasteiger partial charge in [-0.05, 0) is 34.1 Å². The molecule has 27 heavy (non-hydrogen) atoms. The summed E-state index contributed by atoms with van der Waals surface area (Å²) < 4.78 is 25.2. The molecule has 0 saturated carbocycles. The zero-order chi connectivity index (χ0) is 19.0. The number of ether oxygens (including phenoxy) is 2. The first-order valence-corrected chi connectivity index (χ1v) is 9.15. The SMILES string of the molecule is COc1ncc(-c2nc(N3CCOCC3)nc3c(Br)cc(F)cc23)cc1N. The van der Waals surface area contributed by atoms with Crippen LogP contribution in [0.4, 0.5) is 16.0 Å². The molecule has 1 fully saturated rings. The highest BCUT2D eigenvalue weighted by Crippen LogP contribution is 2.34. The maximum Gasteiger partial charge on any atom is 0.236 e. The third-order valence-electron chi connectivity index (χ3n) is 4.35. The van der Waals surface area contributed by atoms with Crippen LogP contribution < -0.4 is 15.4 Å². The normalized spacial score (nSPS) is 14.6. The summed E-state index contributed by atoms with van der Waals surface area (Å²) in [6, 6.07) is 4.53. The van der Waals surface area contributed by atoms with E-state index in [9.17, 15) is 4.39 Å². The molecule has 0 bridgehead atoms. The van der Waals surface area contributed by atoms with Crippen LogP contribution in [0, 0.1) is 5.82 Å². The van der Waals surface area contributed by atoms with E-state index in [0.29, 0.717) is 70.5 Å². The number of aromatic nitrogens is 3. The van der Waals surface area contributed by atoms with Crippen molar-refractivity contribution in [3.05, 3.63) is 34.7 Å². The minimum absolute atomic E-state index is 0.331. The van der Waals surface area contributed by atoms with Crippen LogP contribution in [-0.4, -0.2) is 48.4 Å².